The van der Waals surface area contributed by atoms with E-state index in [9.17, 15) is 14.7 Å². The van der Waals surface area contributed by atoms with Crippen molar-refractivity contribution in [2.24, 2.45) is 0 Å². The lowest BCUT2D eigenvalue weighted by Gasteiger charge is -2.26. The highest BCUT2D eigenvalue weighted by molar-refractivity contribution is 6.31. The molecule has 0 fully saturated rings. The number of amides is 1. The van der Waals surface area contributed by atoms with Gasteiger partial charge in [-0.25, -0.2) is 0 Å². The maximum Gasteiger partial charge on any atom is 0.290 e. The van der Waals surface area contributed by atoms with Crippen LogP contribution in [0.4, 0.5) is 0 Å². The smallest absolute Gasteiger partial charge is 0.290 e. The van der Waals surface area contributed by atoms with Gasteiger partial charge in [-0.05, 0) is 43.2 Å². The van der Waals surface area contributed by atoms with E-state index in [0.717, 1.165) is 0 Å². The number of hydrogen-bond donors (Lipinski definition) is 1. The maximum absolute atomic E-state index is 13.7. The molecule has 0 spiro atoms. The summed E-state index contributed by atoms with van der Waals surface area (Å²) in [6.45, 7) is 4.50. The van der Waals surface area contributed by atoms with Gasteiger partial charge in [-0.2, -0.15) is 0 Å². The zero-order valence-electron chi connectivity index (χ0n) is 19.9. The molecule has 1 N–H and O–H groups in total. The van der Waals surface area contributed by atoms with Gasteiger partial charge in [0, 0.05) is 23.0 Å². The standard InChI is InChI=1S/C26H26ClNO7/c1-5-9-28-22(14-7-8-17(32-3)18(11-14)34-6-2)21(24(30)26(28)31)23(29)19-12-15-10-16(27)13-20(33-4)25(15)35-19/h7-8,10-13,22,30H,5-6,9H2,1-4H3. The van der Waals surface area contributed by atoms with Gasteiger partial charge in [-0.15, -0.1) is 0 Å². The van der Waals surface area contributed by atoms with Crippen molar-refractivity contribution in [1.82, 2.24) is 4.90 Å². The Hall–Kier alpha value is -3.65. The van der Waals surface area contributed by atoms with Crippen LogP contribution in [0.5, 0.6) is 17.2 Å². The molecule has 8 nitrogen and oxygen atoms in total. The van der Waals surface area contributed by atoms with Crippen molar-refractivity contribution in [3.63, 3.8) is 0 Å². The first-order valence-corrected chi connectivity index (χ1v) is 11.6. The number of furan rings is 1. The van der Waals surface area contributed by atoms with Gasteiger partial charge >= 0.3 is 0 Å². The third kappa shape index (κ3) is 4.30. The van der Waals surface area contributed by atoms with Gasteiger partial charge in [0.15, 0.2) is 34.4 Å². The Bertz CT molecular complexity index is 1330. The fraction of sp³-hybridized carbons (Fsp3) is 0.308. The van der Waals surface area contributed by atoms with E-state index < -0.39 is 23.5 Å². The predicted octanol–water partition coefficient (Wildman–Crippen LogP) is 5.49. The third-order valence-corrected chi connectivity index (χ3v) is 6.02. The minimum atomic E-state index is -0.834. The molecule has 0 saturated carbocycles. The summed E-state index contributed by atoms with van der Waals surface area (Å²) < 4.78 is 22.2. The molecule has 1 amide bonds. The first-order chi connectivity index (χ1) is 16.8. The fourth-order valence-electron chi connectivity index (χ4n) is 4.32. The van der Waals surface area contributed by atoms with Crippen molar-refractivity contribution in [1.29, 1.82) is 0 Å². The SMILES string of the molecule is CCCN1C(=O)C(O)=C(C(=O)c2cc3cc(Cl)cc(OC)c3o2)C1c1ccc(OC)c(OCC)c1. The first kappa shape index (κ1) is 24.5. The number of aliphatic hydroxyl groups is 1. The summed E-state index contributed by atoms with van der Waals surface area (Å²) >= 11 is 6.15. The summed E-state index contributed by atoms with van der Waals surface area (Å²) in [6.07, 6.45) is 0.631. The molecule has 4 rings (SSSR count). The second-order valence-corrected chi connectivity index (χ2v) is 8.41. The molecular weight excluding hydrogens is 474 g/mol. The summed E-state index contributed by atoms with van der Waals surface area (Å²) in [6, 6.07) is 9.09. The molecular formula is C26H26ClNO7. The number of carbonyl (C=O) groups is 2. The van der Waals surface area contributed by atoms with Gasteiger partial charge in [-0.3, -0.25) is 9.59 Å². The molecule has 0 saturated heterocycles. The highest BCUT2D eigenvalue weighted by Crippen LogP contribution is 2.43. The van der Waals surface area contributed by atoms with E-state index in [1.165, 1.54) is 25.2 Å². The van der Waals surface area contributed by atoms with Crippen LogP contribution in [0.25, 0.3) is 11.0 Å². The zero-order chi connectivity index (χ0) is 25.3. The number of Topliss-reactive ketones (excluding diaryl/α,β-unsaturated/α-hetero) is 1. The molecule has 2 aromatic carbocycles. The van der Waals surface area contributed by atoms with Crippen molar-refractivity contribution in [2.75, 3.05) is 27.4 Å². The maximum atomic E-state index is 13.7. The van der Waals surface area contributed by atoms with Crippen LogP contribution in [0, 0.1) is 0 Å². The van der Waals surface area contributed by atoms with E-state index in [4.69, 9.17) is 30.2 Å². The van der Waals surface area contributed by atoms with Gasteiger partial charge in [0.25, 0.3) is 5.91 Å². The molecule has 0 aliphatic carbocycles. The second kappa shape index (κ2) is 9.92. The van der Waals surface area contributed by atoms with Crippen molar-refractivity contribution in [2.45, 2.75) is 26.3 Å². The molecule has 3 aromatic rings. The first-order valence-electron chi connectivity index (χ1n) is 11.2. The van der Waals surface area contributed by atoms with Gasteiger partial charge < -0.3 is 28.6 Å². The highest BCUT2D eigenvalue weighted by atomic mass is 35.5. The average molecular weight is 500 g/mol. The molecule has 0 bridgehead atoms. The number of benzene rings is 2. The average Bonchev–Trinajstić information content (AvgIpc) is 3.38. The quantitative estimate of drug-likeness (QED) is 0.388. The Balaban J connectivity index is 1.84. The van der Waals surface area contributed by atoms with E-state index in [-0.39, 0.29) is 11.3 Å². The Morgan fingerprint density at radius 2 is 1.83 bits per heavy atom. The van der Waals surface area contributed by atoms with Gasteiger partial charge in [0.05, 0.1) is 32.4 Å². The minimum Gasteiger partial charge on any atom is -0.503 e. The van der Waals surface area contributed by atoms with Crippen molar-refractivity contribution < 1.29 is 33.3 Å². The Labute approximate surface area is 207 Å². The van der Waals surface area contributed by atoms with E-state index in [1.807, 2.05) is 13.8 Å². The molecule has 9 heteroatoms. The number of hydrogen-bond acceptors (Lipinski definition) is 7. The van der Waals surface area contributed by atoms with Crippen molar-refractivity contribution in [3.8, 4) is 17.2 Å². The summed E-state index contributed by atoms with van der Waals surface area (Å²) in [4.78, 5) is 28.2. The Morgan fingerprint density at radius 1 is 1.09 bits per heavy atom. The number of nitrogens with zero attached hydrogens (tertiary/aromatic N) is 1. The Kier molecular flexibility index (Phi) is 6.93. The molecule has 1 aliphatic heterocycles. The van der Waals surface area contributed by atoms with Gasteiger partial charge in [0.1, 0.15) is 0 Å². The summed E-state index contributed by atoms with van der Waals surface area (Å²) in [7, 11) is 3.00. The van der Waals surface area contributed by atoms with Crippen LogP contribution in [-0.4, -0.2) is 49.1 Å². The monoisotopic (exact) mass is 499 g/mol. The topological polar surface area (TPSA) is 98.4 Å². The number of halogens is 1. The summed E-state index contributed by atoms with van der Waals surface area (Å²) in [5, 5.41) is 11.8. The lowest BCUT2D eigenvalue weighted by Crippen LogP contribution is -2.31. The number of aliphatic hydroxyl groups excluding tert-OH is 1. The molecule has 0 radical (unpaired) electrons. The predicted molar refractivity (Wildman–Crippen MR) is 131 cm³/mol. The van der Waals surface area contributed by atoms with Crippen LogP contribution in [0.15, 0.2) is 52.1 Å². The molecule has 1 aliphatic rings. The van der Waals surface area contributed by atoms with Crippen LogP contribution in [-0.2, 0) is 4.79 Å². The van der Waals surface area contributed by atoms with Crippen LogP contribution in [0.2, 0.25) is 5.02 Å². The van der Waals surface area contributed by atoms with E-state index in [0.29, 0.717) is 58.4 Å². The second-order valence-electron chi connectivity index (χ2n) is 7.97. The molecule has 1 atom stereocenters. The fourth-order valence-corrected chi connectivity index (χ4v) is 4.53. The number of methoxy groups -OCH3 is 2. The number of fused-ring (bicyclic) bond motifs is 1. The molecule has 2 heterocycles. The van der Waals surface area contributed by atoms with Crippen LogP contribution < -0.4 is 14.2 Å². The van der Waals surface area contributed by atoms with E-state index in [1.54, 1.807) is 30.3 Å². The summed E-state index contributed by atoms with van der Waals surface area (Å²) in [5.41, 5.74) is 0.870. The molecule has 184 valence electrons. The van der Waals surface area contributed by atoms with Gasteiger partial charge in [0.2, 0.25) is 5.78 Å². The Morgan fingerprint density at radius 3 is 2.49 bits per heavy atom. The lowest BCUT2D eigenvalue weighted by molar-refractivity contribution is -0.129. The minimum absolute atomic E-state index is 0.0446. The van der Waals surface area contributed by atoms with Crippen molar-refractivity contribution >= 4 is 34.3 Å². The largest absolute Gasteiger partial charge is 0.503 e. The lowest BCUT2D eigenvalue weighted by atomic mass is 9.94. The van der Waals surface area contributed by atoms with Crippen LogP contribution in [0.1, 0.15) is 42.4 Å². The van der Waals surface area contributed by atoms with Crippen LogP contribution >= 0.6 is 11.6 Å². The number of ether oxygens (including phenoxy) is 3. The normalized spacial score (nSPS) is 15.7. The molecule has 1 aromatic heterocycles. The van der Waals surface area contributed by atoms with E-state index >= 15 is 0 Å². The number of ketones is 1. The van der Waals surface area contributed by atoms with E-state index in [2.05, 4.69) is 0 Å². The van der Waals surface area contributed by atoms with Crippen LogP contribution in [0.3, 0.4) is 0 Å². The molecule has 35 heavy (non-hydrogen) atoms. The molecule has 1 unspecified atom stereocenters. The summed E-state index contributed by atoms with van der Waals surface area (Å²) in [5.74, 6) is -0.521. The number of rotatable bonds is 9. The highest BCUT2D eigenvalue weighted by Gasteiger charge is 2.44. The third-order valence-electron chi connectivity index (χ3n) is 5.81. The van der Waals surface area contributed by atoms with Gasteiger partial charge in [-0.1, -0.05) is 24.6 Å². The number of carbonyl (C=O) groups excluding carboxylic acids is 2. The van der Waals surface area contributed by atoms with Crippen molar-refractivity contribution in [3.05, 3.63) is 64.1 Å². The zero-order valence-corrected chi connectivity index (χ0v) is 20.6.